The average Bonchev–Trinajstić information content (AvgIpc) is 3.33. The van der Waals surface area contributed by atoms with Crippen molar-refractivity contribution in [3.8, 4) is 0 Å². The predicted molar refractivity (Wildman–Crippen MR) is 288 cm³/mol. The molecule has 382 valence electrons. The third-order valence-corrected chi connectivity index (χ3v) is 11.6. The number of ether oxygens (including phenoxy) is 3. The molecular weight excluding hydrogens is 829 g/mol. The van der Waals surface area contributed by atoms with Crippen LogP contribution in [0.15, 0.2) is 97.2 Å². The molecule has 0 bridgehead atoms. The fourth-order valence-corrected chi connectivity index (χ4v) is 7.47. The second-order valence-electron chi connectivity index (χ2n) is 18.1. The number of carbonyl (C=O) groups is 3. The zero-order valence-electron chi connectivity index (χ0n) is 43.6. The molecule has 0 spiro atoms. The first-order valence-corrected chi connectivity index (χ1v) is 27.7. The third kappa shape index (κ3) is 53.2. The molecule has 0 aliphatic rings. The molecular formula is C61H102O6. The number of carbonyl (C=O) groups excluding carboxylic acids is 3. The Kier molecular flexibility index (Phi) is 51.9. The number of hydrogen-bond donors (Lipinski definition) is 0. The van der Waals surface area contributed by atoms with Gasteiger partial charge in [-0.25, -0.2) is 0 Å². The molecule has 0 amide bonds. The van der Waals surface area contributed by atoms with E-state index in [1.165, 1.54) is 128 Å². The van der Waals surface area contributed by atoms with E-state index in [9.17, 15) is 14.4 Å². The van der Waals surface area contributed by atoms with E-state index in [0.717, 1.165) is 83.5 Å². The van der Waals surface area contributed by atoms with Crippen LogP contribution in [0.25, 0.3) is 0 Å². The summed E-state index contributed by atoms with van der Waals surface area (Å²) in [4.78, 5) is 37.9. The van der Waals surface area contributed by atoms with E-state index in [4.69, 9.17) is 14.2 Å². The van der Waals surface area contributed by atoms with Crippen molar-refractivity contribution < 1.29 is 28.6 Å². The van der Waals surface area contributed by atoms with E-state index in [-0.39, 0.29) is 31.6 Å². The largest absolute Gasteiger partial charge is 0.462 e. The maximum Gasteiger partial charge on any atom is 0.310 e. The van der Waals surface area contributed by atoms with E-state index < -0.39 is 12.1 Å². The van der Waals surface area contributed by atoms with E-state index >= 15 is 0 Å². The summed E-state index contributed by atoms with van der Waals surface area (Å²) in [5.74, 6) is -1.05. The molecule has 0 aliphatic carbocycles. The Morgan fingerprint density at radius 3 is 0.985 bits per heavy atom. The van der Waals surface area contributed by atoms with Gasteiger partial charge >= 0.3 is 17.9 Å². The van der Waals surface area contributed by atoms with Crippen LogP contribution in [-0.4, -0.2) is 37.2 Å². The molecule has 1 unspecified atom stereocenters. The maximum atomic E-state index is 12.7. The summed E-state index contributed by atoms with van der Waals surface area (Å²) in [5.41, 5.74) is 0. The third-order valence-electron chi connectivity index (χ3n) is 11.6. The Morgan fingerprint density at radius 2 is 0.627 bits per heavy atom. The molecule has 6 nitrogen and oxygen atoms in total. The summed E-state index contributed by atoms with van der Waals surface area (Å²) >= 11 is 0. The van der Waals surface area contributed by atoms with Crippen LogP contribution in [0.5, 0.6) is 0 Å². The minimum absolute atomic E-state index is 0.0955. The molecule has 0 aromatic rings. The highest BCUT2D eigenvalue weighted by molar-refractivity contribution is 5.72. The minimum atomic E-state index is -0.831. The number of rotatable bonds is 49. The molecule has 0 aliphatic heterocycles. The lowest BCUT2D eigenvalue weighted by molar-refractivity contribution is -0.166. The average molecular weight is 931 g/mol. The molecule has 6 heteroatoms. The summed E-state index contributed by atoms with van der Waals surface area (Å²) in [5, 5.41) is 0. The Morgan fingerprint density at radius 1 is 0.328 bits per heavy atom. The number of allylic oxidation sites excluding steroid dienone is 15. The lowest BCUT2D eigenvalue weighted by atomic mass is 10.1. The number of hydrogen-bond acceptors (Lipinski definition) is 6. The van der Waals surface area contributed by atoms with Gasteiger partial charge in [0, 0.05) is 12.8 Å². The topological polar surface area (TPSA) is 78.9 Å². The Bertz CT molecular complexity index is 1350. The van der Waals surface area contributed by atoms with Gasteiger partial charge in [0.1, 0.15) is 13.2 Å². The smallest absolute Gasteiger partial charge is 0.310 e. The zero-order chi connectivity index (χ0) is 48.6. The van der Waals surface area contributed by atoms with Crippen LogP contribution in [0.1, 0.15) is 252 Å². The van der Waals surface area contributed by atoms with Gasteiger partial charge < -0.3 is 14.2 Å². The first-order chi connectivity index (χ1) is 33.0. The monoisotopic (exact) mass is 931 g/mol. The van der Waals surface area contributed by atoms with Crippen LogP contribution >= 0.6 is 0 Å². The predicted octanol–water partition coefficient (Wildman–Crippen LogP) is 18.5. The van der Waals surface area contributed by atoms with Crippen LogP contribution in [0.3, 0.4) is 0 Å². The van der Waals surface area contributed by atoms with Crippen LogP contribution in [0.2, 0.25) is 0 Å². The van der Waals surface area contributed by atoms with Gasteiger partial charge in [0.25, 0.3) is 0 Å². The first-order valence-electron chi connectivity index (χ1n) is 27.7. The van der Waals surface area contributed by atoms with Crippen LogP contribution in [-0.2, 0) is 28.6 Å². The molecule has 0 heterocycles. The second kappa shape index (κ2) is 54.9. The minimum Gasteiger partial charge on any atom is -0.462 e. The van der Waals surface area contributed by atoms with Crippen molar-refractivity contribution in [1.29, 1.82) is 0 Å². The van der Waals surface area contributed by atoms with Gasteiger partial charge in [0.15, 0.2) is 6.10 Å². The van der Waals surface area contributed by atoms with Gasteiger partial charge in [0.05, 0.1) is 6.42 Å². The van der Waals surface area contributed by atoms with Crippen molar-refractivity contribution in [2.75, 3.05) is 13.2 Å². The fourth-order valence-electron chi connectivity index (χ4n) is 7.47. The van der Waals surface area contributed by atoms with Crippen molar-refractivity contribution in [3.05, 3.63) is 97.2 Å². The van der Waals surface area contributed by atoms with Gasteiger partial charge in [-0.05, 0) is 83.5 Å². The van der Waals surface area contributed by atoms with Gasteiger partial charge in [-0.15, -0.1) is 0 Å². The fraction of sp³-hybridized carbons (Fsp3) is 0.689. The molecule has 1 atom stereocenters. The quantitative estimate of drug-likeness (QED) is 0.0262. The highest BCUT2D eigenvalue weighted by Crippen LogP contribution is 2.14. The van der Waals surface area contributed by atoms with E-state index in [0.29, 0.717) is 12.8 Å². The number of unbranched alkanes of at least 4 members (excludes halogenated alkanes) is 23. The summed E-state index contributed by atoms with van der Waals surface area (Å²) in [7, 11) is 0. The molecule has 0 rings (SSSR count). The van der Waals surface area contributed by atoms with Crippen LogP contribution < -0.4 is 0 Å². The molecule has 0 fully saturated rings. The summed E-state index contributed by atoms with van der Waals surface area (Å²) < 4.78 is 16.7. The van der Waals surface area contributed by atoms with Gasteiger partial charge in [0.2, 0.25) is 0 Å². The Balaban J connectivity index is 4.33. The highest BCUT2D eigenvalue weighted by Gasteiger charge is 2.19. The van der Waals surface area contributed by atoms with Gasteiger partial charge in [-0.1, -0.05) is 246 Å². The van der Waals surface area contributed by atoms with Crippen molar-refractivity contribution in [2.45, 2.75) is 258 Å². The van der Waals surface area contributed by atoms with E-state index in [2.05, 4.69) is 106 Å². The highest BCUT2D eigenvalue weighted by atomic mass is 16.6. The zero-order valence-corrected chi connectivity index (χ0v) is 43.6. The Labute approximate surface area is 413 Å². The van der Waals surface area contributed by atoms with Crippen molar-refractivity contribution in [3.63, 3.8) is 0 Å². The molecule has 0 saturated carbocycles. The van der Waals surface area contributed by atoms with E-state index in [1.807, 2.05) is 6.08 Å². The summed E-state index contributed by atoms with van der Waals surface area (Å²) in [6, 6.07) is 0. The normalized spacial score (nSPS) is 12.8. The summed E-state index contributed by atoms with van der Waals surface area (Å²) in [6.45, 7) is 6.40. The molecule has 0 N–H and O–H groups in total. The standard InChI is InChI=1S/C61H102O6/c1-4-7-10-13-16-19-21-23-25-26-27-28-29-30-31-32-33-34-36-37-39-42-45-48-51-54-60(63)66-57-58(56-65-59(62)53-50-47-44-41-18-15-12-9-6-3)67-61(64)55-52-49-46-43-40-38-35-24-22-20-17-14-11-8-5-2/h8,11,17,20-21,23-24,26-27,29-30,35,40,43,49,52,58H,4-7,9-10,12-16,18-19,22,25,28,31-34,36-39,41-42,44-48,50-51,53-57H2,1-3H3/b11-8-,20-17-,23-21-,27-26-,30-29-,35-24-,43-40-,52-49-. The first kappa shape index (κ1) is 63.3. The maximum absolute atomic E-state index is 12.7. The Hall–Kier alpha value is -3.67. The molecule has 0 aromatic carbocycles. The van der Waals surface area contributed by atoms with Gasteiger partial charge in [-0.2, -0.15) is 0 Å². The van der Waals surface area contributed by atoms with Crippen molar-refractivity contribution >= 4 is 17.9 Å². The second-order valence-corrected chi connectivity index (χ2v) is 18.1. The number of esters is 3. The van der Waals surface area contributed by atoms with Crippen molar-refractivity contribution in [2.24, 2.45) is 0 Å². The van der Waals surface area contributed by atoms with Gasteiger partial charge in [-0.3, -0.25) is 14.4 Å². The van der Waals surface area contributed by atoms with Crippen molar-refractivity contribution in [1.82, 2.24) is 0 Å². The lowest BCUT2D eigenvalue weighted by Crippen LogP contribution is -2.30. The summed E-state index contributed by atoms with van der Waals surface area (Å²) in [6.07, 6.45) is 72.9. The van der Waals surface area contributed by atoms with Crippen LogP contribution in [0, 0.1) is 0 Å². The molecule has 67 heavy (non-hydrogen) atoms. The molecule has 0 aromatic heterocycles. The SMILES string of the molecule is CC/C=C\C/C=C\C/C=C\C/C=C\C/C=C\CC(=O)OC(COC(=O)CCCCCCCCCCC)COC(=O)CCCCCCCCCCCC/C=C\C/C=C\C/C=C\CCCCCCC. The van der Waals surface area contributed by atoms with E-state index in [1.54, 1.807) is 6.08 Å². The molecule has 0 radical (unpaired) electrons. The molecule has 0 saturated heterocycles. The van der Waals surface area contributed by atoms with Crippen LogP contribution in [0.4, 0.5) is 0 Å². The lowest BCUT2D eigenvalue weighted by Gasteiger charge is -2.18.